The first kappa shape index (κ1) is 13.6. The third-order valence-corrected chi connectivity index (χ3v) is 4.43. The molecule has 0 saturated carbocycles. The fourth-order valence-corrected chi connectivity index (χ4v) is 3.29. The summed E-state index contributed by atoms with van der Waals surface area (Å²) in [6, 6.07) is 9.93. The van der Waals surface area contributed by atoms with E-state index >= 15 is 0 Å². The van der Waals surface area contributed by atoms with Gasteiger partial charge in [-0.1, -0.05) is 17.2 Å². The van der Waals surface area contributed by atoms with Crippen molar-refractivity contribution in [2.75, 3.05) is 0 Å². The van der Waals surface area contributed by atoms with Crippen LogP contribution in [0.4, 0.5) is 0 Å². The second kappa shape index (κ2) is 4.99. The predicted octanol–water partition coefficient (Wildman–Crippen LogP) is 2.66. The second-order valence-corrected chi connectivity index (χ2v) is 5.74. The van der Waals surface area contributed by atoms with Gasteiger partial charge >= 0.3 is 5.97 Å². The van der Waals surface area contributed by atoms with Crippen molar-refractivity contribution in [1.29, 1.82) is 0 Å². The number of thiophene rings is 1. The van der Waals surface area contributed by atoms with E-state index in [2.05, 4.69) is 4.98 Å². The number of rotatable bonds is 2. The smallest absolute Gasteiger partial charge is 0.322 e. The van der Waals surface area contributed by atoms with Crippen LogP contribution in [0.15, 0.2) is 48.0 Å². The van der Waals surface area contributed by atoms with Crippen molar-refractivity contribution >= 4 is 39.2 Å². The molecule has 4 rings (SSSR count). The Kier molecular flexibility index (Phi) is 2.95. The number of hydroxylamine groups is 2. The van der Waals surface area contributed by atoms with Gasteiger partial charge in [-0.05, 0) is 35.0 Å². The number of carbonyl (C=O) groups excluding carboxylic acids is 3. The van der Waals surface area contributed by atoms with Gasteiger partial charge in [0.25, 0.3) is 11.8 Å². The number of imide groups is 1. The molecule has 112 valence electrons. The van der Waals surface area contributed by atoms with Gasteiger partial charge in [0.1, 0.15) is 0 Å². The van der Waals surface area contributed by atoms with Crippen LogP contribution in [-0.2, 0) is 4.84 Å². The molecule has 1 aliphatic heterocycles. The Morgan fingerprint density at radius 1 is 1.04 bits per heavy atom. The van der Waals surface area contributed by atoms with E-state index in [4.69, 9.17) is 4.84 Å². The highest BCUT2D eigenvalue weighted by atomic mass is 32.1. The topological polar surface area (TPSA) is 76.6 Å². The number of pyridine rings is 1. The highest BCUT2D eigenvalue weighted by Gasteiger charge is 2.39. The van der Waals surface area contributed by atoms with Crippen LogP contribution in [0.3, 0.4) is 0 Å². The minimum Gasteiger partial charge on any atom is -0.322 e. The Balaban J connectivity index is 1.67. The molecule has 0 N–H and O–H groups in total. The van der Waals surface area contributed by atoms with E-state index in [9.17, 15) is 14.4 Å². The normalized spacial score (nSPS) is 13.5. The van der Waals surface area contributed by atoms with Crippen LogP contribution in [0, 0.1) is 0 Å². The lowest BCUT2D eigenvalue weighted by Gasteiger charge is -2.12. The van der Waals surface area contributed by atoms with Crippen molar-refractivity contribution in [2.45, 2.75) is 0 Å². The van der Waals surface area contributed by atoms with Gasteiger partial charge in [0, 0.05) is 6.20 Å². The van der Waals surface area contributed by atoms with Gasteiger partial charge in [-0.25, -0.2) is 9.78 Å². The summed E-state index contributed by atoms with van der Waals surface area (Å²) in [6.07, 6.45) is 1.48. The average molecular weight is 324 g/mol. The predicted molar refractivity (Wildman–Crippen MR) is 82.0 cm³/mol. The Labute approximate surface area is 133 Å². The van der Waals surface area contributed by atoms with Gasteiger partial charge in [-0.3, -0.25) is 9.59 Å². The SMILES string of the molecule is O=C(ON1C(=O)c2ccccc2C1=O)c1nccc2ccsc12. The molecule has 3 aromatic rings. The Morgan fingerprint density at radius 2 is 1.74 bits per heavy atom. The number of nitrogens with zero attached hydrogens (tertiary/aromatic N) is 2. The van der Waals surface area contributed by atoms with Crippen molar-refractivity contribution in [3.8, 4) is 0 Å². The quantitative estimate of drug-likeness (QED) is 0.677. The Bertz CT molecular complexity index is 944. The van der Waals surface area contributed by atoms with E-state index in [0.29, 0.717) is 9.76 Å². The summed E-state index contributed by atoms with van der Waals surface area (Å²) in [5, 5.41) is 3.16. The molecule has 0 aliphatic carbocycles. The lowest BCUT2D eigenvalue weighted by Crippen LogP contribution is -2.33. The molecule has 0 saturated heterocycles. The molecule has 0 bridgehead atoms. The number of benzene rings is 1. The zero-order chi connectivity index (χ0) is 16.0. The molecule has 0 spiro atoms. The molecule has 0 fully saturated rings. The van der Waals surface area contributed by atoms with Gasteiger partial charge in [0.15, 0.2) is 5.69 Å². The van der Waals surface area contributed by atoms with Crippen LogP contribution in [0.5, 0.6) is 0 Å². The summed E-state index contributed by atoms with van der Waals surface area (Å²) >= 11 is 1.34. The summed E-state index contributed by atoms with van der Waals surface area (Å²) in [6.45, 7) is 0. The van der Waals surface area contributed by atoms with Crippen LogP contribution in [0.1, 0.15) is 31.2 Å². The van der Waals surface area contributed by atoms with Gasteiger partial charge in [-0.2, -0.15) is 0 Å². The summed E-state index contributed by atoms with van der Waals surface area (Å²) in [7, 11) is 0. The van der Waals surface area contributed by atoms with E-state index in [0.717, 1.165) is 5.39 Å². The molecule has 2 amide bonds. The molecular weight excluding hydrogens is 316 g/mol. The summed E-state index contributed by atoms with van der Waals surface area (Å²) in [4.78, 5) is 45.8. The third kappa shape index (κ3) is 2.01. The average Bonchev–Trinajstić information content (AvgIpc) is 3.14. The highest BCUT2D eigenvalue weighted by molar-refractivity contribution is 7.17. The summed E-state index contributed by atoms with van der Waals surface area (Å²) < 4.78 is 0.647. The molecule has 23 heavy (non-hydrogen) atoms. The number of hydrogen-bond acceptors (Lipinski definition) is 6. The molecule has 3 heterocycles. The van der Waals surface area contributed by atoms with Crippen molar-refractivity contribution in [3.05, 3.63) is 64.8 Å². The van der Waals surface area contributed by atoms with Crippen molar-refractivity contribution < 1.29 is 19.2 Å². The van der Waals surface area contributed by atoms with Crippen LogP contribution in [-0.4, -0.2) is 27.8 Å². The maximum absolute atomic E-state index is 12.3. The standard InChI is InChI=1S/C16H8N2O4S/c19-14-10-3-1-2-4-11(10)15(20)18(14)22-16(21)12-13-9(5-7-17-12)6-8-23-13/h1-8H. The van der Waals surface area contributed by atoms with Crippen LogP contribution >= 0.6 is 11.3 Å². The first-order valence-electron chi connectivity index (χ1n) is 6.69. The van der Waals surface area contributed by atoms with Crippen LogP contribution in [0.2, 0.25) is 0 Å². The fraction of sp³-hybridized carbons (Fsp3) is 0. The second-order valence-electron chi connectivity index (χ2n) is 4.83. The van der Waals surface area contributed by atoms with Crippen LogP contribution < -0.4 is 0 Å². The van der Waals surface area contributed by atoms with Crippen molar-refractivity contribution in [2.24, 2.45) is 0 Å². The Hall–Kier alpha value is -3.06. The van der Waals surface area contributed by atoms with Crippen molar-refractivity contribution in [3.63, 3.8) is 0 Å². The zero-order valence-corrected chi connectivity index (χ0v) is 12.4. The monoisotopic (exact) mass is 324 g/mol. The highest BCUT2D eigenvalue weighted by Crippen LogP contribution is 2.26. The number of amides is 2. The molecule has 6 nitrogen and oxygen atoms in total. The first-order valence-corrected chi connectivity index (χ1v) is 7.57. The molecule has 0 radical (unpaired) electrons. The number of hydrogen-bond donors (Lipinski definition) is 0. The first-order chi connectivity index (χ1) is 11.2. The Morgan fingerprint density at radius 3 is 2.43 bits per heavy atom. The van der Waals surface area contributed by atoms with E-state index in [1.165, 1.54) is 29.7 Å². The lowest BCUT2D eigenvalue weighted by molar-refractivity contribution is -0.0586. The molecule has 0 unspecified atom stereocenters. The molecule has 1 aliphatic rings. The molecule has 7 heteroatoms. The van der Waals surface area contributed by atoms with Gasteiger partial charge in [-0.15, -0.1) is 11.3 Å². The summed E-state index contributed by atoms with van der Waals surface area (Å²) in [5.41, 5.74) is 0.509. The van der Waals surface area contributed by atoms with E-state index in [-0.39, 0.29) is 16.8 Å². The number of aromatic nitrogens is 1. The minimum atomic E-state index is -0.840. The van der Waals surface area contributed by atoms with Gasteiger partial charge < -0.3 is 4.84 Å². The molecule has 2 aromatic heterocycles. The van der Waals surface area contributed by atoms with Crippen LogP contribution in [0.25, 0.3) is 10.1 Å². The third-order valence-electron chi connectivity index (χ3n) is 3.49. The number of fused-ring (bicyclic) bond motifs is 2. The van der Waals surface area contributed by atoms with Gasteiger partial charge in [0.05, 0.1) is 15.8 Å². The van der Waals surface area contributed by atoms with E-state index in [1.807, 2.05) is 11.4 Å². The molecular formula is C16H8N2O4S. The maximum Gasteiger partial charge on any atom is 0.383 e. The van der Waals surface area contributed by atoms with Gasteiger partial charge in [0.2, 0.25) is 0 Å². The molecule has 1 aromatic carbocycles. The number of carbonyl (C=O) groups is 3. The molecule has 0 atom stereocenters. The lowest BCUT2D eigenvalue weighted by atomic mass is 10.1. The van der Waals surface area contributed by atoms with E-state index in [1.54, 1.807) is 18.2 Å². The largest absolute Gasteiger partial charge is 0.383 e. The van der Waals surface area contributed by atoms with E-state index < -0.39 is 17.8 Å². The fourth-order valence-electron chi connectivity index (χ4n) is 2.42. The minimum absolute atomic E-state index is 0.0778. The zero-order valence-electron chi connectivity index (χ0n) is 11.6. The van der Waals surface area contributed by atoms with Crippen molar-refractivity contribution in [1.82, 2.24) is 10.0 Å². The maximum atomic E-state index is 12.3. The summed E-state index contributed by atoms with van der Waals surface area (Å²) in [5.74, 6) is -2.15.